The second-order valence-corrected chi connectivity index (χ2v) is 12.6. The van der Waals surface area contributed by atoms with Crippen LogP contribution in [0.2, 0.25) is 0 Å². The molecule has 0 saturated heterocycles. The smallest absolute Gasteiger partial charge is 0.345 e. The molecule has 4 unspecified atom stereocenters. The molecule has 0 aliphatic carbocycles. The number of carbonyl (C=O) groups is 5. The number of Topliss-reactive ketones (excluding diaryl/α,β-unsaturated/α-hetero) is 1. The van der Waals surface area contributed by atoms with Crippen LogP contribution >= 0.6 is 0 Å². The molecular formula is C34H52O12. The van der Waals surface area contributed by atoms with E-state index in [9.17, 15) is 44.4 Å². The van der Waals surface area contributed by atoms with Gasteiger partial charge in [0.15, 0.2) is 0 Å². The summed E-state index contributed by atoms with van der Waals surface area (Å²) in [5.41, 5.74) is 0.216. The van der Waals surface area contributed by atoms with Gasteiger partial charge in [-0.3, -0.25) is 9.59 Å². The third kappa shape index (κ3) is 13.2. The highest BCUT2D eigenvalue weighted by atomic mass is 16.6. The fourth-order valence-corrected chi connectivity index (χ4v) is 5.40. The summed E-state index contributed by atoms with van der Waals surface area (Å²) in [6.07, 6.45) is 1.38. The van der Waals surface area contributed by atoms with Crippen molar-refractivity contribution in [2.75, 3.05) is 0 Å². The van der Waals surface area contributed by atoms with Gasteiger partial charge in [0, 0.05) is 23.8 Å². The van der Waals surface area contributed by atoms with Crippen molar-refractivity contribution in [2.24, 2.45) is 23.7 Å². The van der Waals surface area contributed by atoms with Crippen molar-refractivity contribution in [3.8, 4) is 0 Å². The predicted octanol–water partition coefficient (Wildman–Crippen LogP) is 4.11. The van der Waals surface area contributed by atoms with Gasteiger partial charge < -0.3 is 35.0 Å². The van der Waals surface area contributed by atoms with E-state index in [4.69, 9.17) is 9.84 Å². The Bertz CT molecular complexity index is 1180. The molecule has 0 radical (unpaired) electrons. The second-order valence-electron chi connectivity index (χ2n) is 12.6. The molecule has 0 aromatic rings. The Balaban J connectivity index is 2.50. The summed E-state index contributed by atoms with van der Waals surface area (Å²) in [5.74, 6) is -5.26. The first-order chi connectivity index (χ1) is 21.4. The van der Waals surface area contributed by atoms with Crippen molar-refractivity contribution in [3.63, 3.8) is 0 Å². The van der Waals surface area contributed by atoms with E-state index < -0.39 is 66.5 Å². The van der Waals surface area contributed by atoms with Gasteiger partial charge in [0.25, 0.3) is 0 Å². The van der Waals surface area contributed by atoms with Crippen LogP contribution in [0.4, 0.5) is 0 Å². The van der Waals surface area contributed by atoms with Gasteiger partial charge in [0.05, 0.1) is 36.4 Å². The van der Waals surface area contributed by atoms with Crippen LogP contribution in [0.15, 0.2) is 34.6 Å². The molecule has 46 heavy (non-hydrogen) atoms. The predicted molar refractivity (Wildman–Crippen MR) is 168 cm³/mol. The summed E-state index contributed by atoms with van der Waals surface area (Å²) in [6, 6.07) is 0. The standard InChI is InChI=1S/C34H52O12/c1-8-24(28(38)16-30(40)41)11-9-10-18(2)14-19(3)12-13-25(35)21(5)27(37)15-26(36)20(4)23(7)45-31(42)17-29(39)32-22(6)33(43)46-34(32)44/h11,16,18-21,23,25-26,29,35-36,38-39H,8-10,12-15,17H2,1-7H3,(H,40,41)/b24-11+,28-16-/t18-,19?,20+,21-,23+,25?,26?,29?/m0/s1. The molecule has 8 atom stereocenters. The lowest BCUT2D eigenvalue weighted by Crippen LogP contribution is -2.36. The highest BCUT2D eigenvalue weighted by Crippen LogP contribution is 2.26. The summed E-state index contributed by atoms with van der Waals surface area (Å²) in [4.78, 5) is 59.2. The second kappa shape index (κ2) is 19.3. The van der Waals surface area contributed by atoms with Crippen LogP contribution in [0.25, 0.3) is 0 Å². The number of aliphatic carboxylic acids is 1. The van der Waals surface area contributed by atoms with Gasteiger partial charge in [-0.15, -0.1) is 0 Å². The molecule has 0 saturated carbocycles. The molecule has 260 valence electrons. The number of allylic oxidation sites excluding steroid dienone is 2. The van der Waals surface area contributed by atoms with Crippen LogP contribution in [-0.4, -0.2) is 79.6 Å². The maximum atomic E-state index is 12.9. The fourth-order valence-electron chi connectivity index (χ4n) is 5.40. The summed E-state index contributed by atoms with van der Waals surface area (Å²) in [6.45, 7) is 12.1. The van der Waals surface area contributed by atoms with Crippen LogP contribution < -0.4 is 0 Å². The zero-order chi connectivity index (χ0) is 35.3. The Labute approximate surface area is 271 Å². The van der Waals surface area contributed by atoms with Gasteiger partial charge in [-0.05, 0) is 69.8 Å². The molecule has 0 aromatic carbocycles. The monoisotopic (exact) mass is 652 g/mol. The minimum Gasteiger partial charge on any atom is -0.507 e. The topological polar surface area (TPSA) is 205 Å². The molecule has 0 bridgehead atoms. The number of aliphatic hydroxyl groups excluding tert-OH is 4. The summed E-state index contributed by atoms with van der Waals surface area (Å²) < 4.78 is 9.72. The van der Waals surface area contributed by atoms with Gasteiger partial charge in [-0.1, -0.05) is 40.7 Å². The lowest BCUT2D eigenvalue weighted by molar-refractivity contribution is -0.154. The Morgan fingerprint density at radius 2 is 1.48 bits per heavy atom. The highest BCUT2D eigenvalue weighted by molar-refractivity contribution is 6.12. The van der Waals surface area contributed by atoms with Crippen molar-refractivity contribution < 1.29 is 59.0 Å². The maximum absolute atomic E-state index is 12.9. The molecule has 0 aromatic heterocycles. The minimum absolute atomic E-state index is 0.0806. The van der Waals surface area contributed by atoms with Crippen molar-refractivity contribution in [1.82, 2.24) is 0 Å². The number of cyclic esters (lactones) is 2. The third-order valence-electron chi connectivity index (χ3n) is 8.75. The van der Waals surface area contributed by atoms with Gasteiger partial charge in [-0.2, -0.15) is 0 Å². The number of carbonyl (C=O) groups excluding carboxylic acids is 4. The Kier molecular flexibility index (Phi) is 17.1. The number of esters is 3. The van der Waals surface area contributed by atoms with Crippen LogP contribution in [0.5, 0.6) is 0 Å². The van der Waals surface area contributed by atoms with Crippen molar-refractivity contribution in [2.45, 2.75) is 124 Å². The van der Waals surface area contributed by atoms with Crippen LogP contribution in [0.1, 0.15) is 99.8 Å². The van der Waals surface area contributed by atoms with E-state index in [0.717, 1.165) is 18.9 Å². The first-order valence-electron chi connectivity index (χ1n) is 16.0. The summed E-state index contributed by atoms with van der Waals surface area (Å²) in [5, 5.41) is 50.3. The number of ketones is 1. The fraction of sp³-hybridized carbons (Fsp3) is 0.676. The molecule has 1 aliphatic rings. The average molecular weight is 653 g/mol. The third-order valence-corrected chi connectivity index (χ3v) is 8.75. The molecule has 1 heterocycles. The molecule has 12 heteroatoms. The lowest BCUT2D eigenvalue weighted by atomic mass is 9.85. The summed E-state index contributed by atoms with van der Waals surface area (Å²) in [7, 11) is 0. The van der Waals surface area contributed by atoms with Crippen LogP contribution in [0.3, 0.4) is 0 Å². The van der Waals surface area contributed by atoms with E-state index in [2.05, 4.69) is 18.6 Å². The number of carboxylic acids is 1. The molecule has 1 aliphatic heterocycles. The van der Waals surface area contributed by atoms with Crippen molar-refractivity contribution in [3.05, 3.63) is 34.6 Å². The van der Waals surface area contributed by atoms with Gasteiger partial charge in [-0.25, -0.2) is 14.4 Å². The SMILES string of the molecule is CCC(=C\CC[C@H](C)CC(C)CCC(O)[C@H](C)C(=O)CC(O)[C@H](C)[C@@H](C)OC(=O)CC(O)C1=C(C)C(=O)OC1=O)/C(O)=C/C(=O)O. The van der Waals surface area contributed by atoms with Gasteiger partial charge in [0.2, 0.25) is 0 Å². The molecule has 0 amide bonds. The zero-order valence-electron chi connectivity index (χ0n) is 28.0. The van der Waals surface area contributed by atoms with Crippen molar-refractivity contribution in [1.29, 1.82) is 0 Å². The minimum atomic E-state index is -1.59. The van der Waals surface area contributed by atoms with E-state index in [1.165, 1.54) is 13.8 Å². The summed E-state index contributed by atoms with van der Waals surface area (Å²) >= 11 is 0. The molecule has 0 fully saturated rings. The molecule has 0 spiro atoms. The van der Waals surface area contributed by atoms with E-state index >= 15 is 0 Å². The number of rotatable bonds is 21. The quantitative estimate of drug-likeness (QED) is 0.0391. The Morgan fingerprint density at radius 1 is 0.870 bits per heavy atom. The lowest BCUT2D eigenvalue weighted by Gasteiger charge is -2.27. The maximum Gasteiger partial charge on any atom is 0.345 e. The highest BCUT2D eigenvalue weighted by Gasteiger charge is 2.36. The first kappa shape index (κ1) is 40.7. The molecule has 1 rings (SSSR count). The zero-order valence-corrected chi connectivity index (χ0v) is 28.0. The Hall–Kier alpha value is -3.35. The molecule has 5 N–H and O–H groups in total. The van der Waals surface area contributed by atoms with Crippen molar-refractivity contribution >= 4 is 29.7 Å². The van der Waals surface area contributed by atoms with E-state index in [1.54, 1.807) is 13.8 Å². The normalized spacial score (nSPS) is 19.5. The molecule has 12 nitrogen and oxygen atoms in total. The number of aliphatic hydroxyl groups is 4. The average Bonchev–Trinajstić information content (AvgIpc) is 3.22. The number of ether oxygens (including phenoxy) is 2. The Morgan fingerprint density at radius 3 is 2.02 bits per heavy atom. The number of hydrogen-bond acceptors (Lipinski definition) is 11. The van der Waals surface area contributed by atoms with Gasteiger partial charge >= 0.3 is 23.9 Å². The van der Waals surface area contributed by atoms with Crippen LogP contribution in [-0.2, 0) is 33.4 Å². The van der Waals surface area contributed by atoms with E-state index in [0.29, 0.717) is 37.2 Å². The van der Waals surface area contributed by atoms with Crippen LogP contribution in [0, 0.1) is 23.7 Å². The molecular weight excluding hydrogens is 600 g/mol. The van der Waals surface area contributed by atoms with E-state index in [-0.39, 0.29) is 35.0 Å². The largest absolute Gasteiger partial charge is 0.507 e. The number of hydrogen-bond donors (Lipinski definition) is 5. The van der Waals surface area contributed by atoms with E-state index in [1.807, 2.05) is 13.0 Å². The number of carboxylic acid groups (broad SMARTS) is 1. The first-order valence-corrected chi connectivity index (χ1v) is 16.0. The van der Waals surface area contributed by atoms with Gasteiger partial charge in [0.1, 0.15) is 17.6 Å².